The Morgan fingerprint density at radius 2 is 1.89 bits per heavy atom. The summed E-state index contributed by atoms with van der Waals surface area (Å²) < 4.78 is 15.4. The normalized spacial score (nSPS) is 20.2. The third kappa shape index (κ3) is 6.39. The van der Waals surface area contributed by atoms with Gasteiger partial charge in [-0.2, -0.15) is 0 Å². The van der Waals surface area contributed by atoms with E-state index < -0.39 is 20.0 Å². The number of phosphoric acid groups is 1. The molecule has 28 heavy (non-hydrogen) atoms. The second-order valence-corrected chi connectivity index (χ2v) is 9.00. The number of hydrogen-bond donors (Lipinski definition) is 3. The van der Waals surface area contributed by atoms with E-state index in [1.165, 1.54) is 37.7 Å². The van der Waals surface area contributed by atoms with Crippen molar-refractivity contribution >= 4 is 19.4 Å². The van der Waals surface area contributed by atoms with Crippen LogP contribution in [0.3, 0.4) is 0 Å². The van der Waals surface area contributed by atoms with E-state index in [2.05, 4.69) is 17.5 Å². The van der Waals surface area contributed by atoms with Gasteiger partial charge in [-0.15, -0.1) is 0 Å². The molecule has 1 unspecified atom stereocenters. The van der Waals surface area contributed by atoms with E-state index in [-0.39, 0.29) is 12.3 Å². The van der Waals surface area contributed by atoms with Gasteiger partial charge >= 0.3 is 7.82 Å². The molecule has 8 heteroatoms. The maximum atomic E-state index is 12.7. The maximum Gasteiger partial charge on any atom is 0.469 e. The molecule has 1 saturated heterocycles. The largest absolute Gasteiger partial charge is 0.469 e. The lowest BCUT2D eigenvalue weighted by Crippen LogP contribution is -2.51. The van der Waals surface area contributed by atoms with E-state index in [1.54, 1.807) is 4.90 Å². The van der Waals surface area contributed by atoms with Gasteiger partial charge < -0.3 is 20.4 Å². The van der Waals surface area contributed by atoms with Gasteiger partial charge in [-0.3, -0.25) is 9.32 Å². The van der Waals surface area contributed by atoms with Crippen LogP contribution in [0.5, 0.6) is 0 Å². The van der Waals surface area contributed by atoms with E-state index in [1.807, 2.05) is 19.1 Å². The van der Waals surface area contributed by atoms with Gasteiger partial charge in [0.25, 0.3) is 0 Å². The van der Waals surface area contributed by atoms with E-state index >= 15 is 0 Å². The summed E-state index contributed by atoms with van der Waals surface area (Å²) in [5.41, 5.74) is 7.71. The first-order valence-corrected chi connectivity index (χ1v) is 11.6. The SMILES string of the molecule is CCCCCCCCc1ccc(N2CCC(N)(COP(=O)(O)O)C2=O)c(C)c1. The average molecular weight is 412 g/mol. The molecule has 1 atom stereocenters. The van der Waals surface area contributed by atoms with E-state index in [0.29, 0.717) is 6.54 Å². The predicted molar refractivity (Wildman–Crippen MR) is 110 cm³/mol. The Bertz CT molecular complexity index is 721. The molecule has 1 aliphatic heterocycles. The molecule has 0 aliphatic carbocycles. The fraction of sp³-hybridized carbons (Fsp3) is 0.650. The van der Waals surface area contributed by atoms with Crippen LogP contribution in [0.15, 0.2) is 18.2 Å². The molecule has 2 rings (SSSR count). The number of aryl methyl sites for hydroxylation is 2. The number of nitrogens with two attached hydrogens (primary N) is 1. The van der Waals surface area contributed by atoms with Crippen molar-refractivity contribution in [2.45, 2.75) is 70.8 Å². The molecule has 1 aromatic rings. The number of benzene rings is 1. The average Bonchev–Trinajstić information content (AvgIpc) is 2.92. The molecular weight excluding hydrogens is 379 g/mol. The molecule has 0 radical (unpaired) electrons. The monoisotopic (exact) mass is 412 g/mol. The standard InChI is InChI=1S/C20H33N2O5P/c1-3-4-5-6-7-8-9-17-10-11-18(16(2)14-17)22-13-12-20(21,19(22)23)15-27-28(24,25)26/h10-11,14H,3-9,12-13,15,21H2,1-2H3,(H2,24,25,26). The van der Waals surface area contributed by atoms with E-state index in [0.717, 1.165) is 24.1 Å². The minimum atomic E-state index is -4.67. The Hall–Kier alpha value is -1.24. The molecule has 4 N–H and O–H groups in total. The van der Waals surface area contributed by atoms with Crippen LogP contribution in [-0.4, -0.2) is 34.4 Å². The molecule has 1 aliphatic rings. The van der Waals surface area contributed by atoms with E-state index in [9.17, 15) is 9.36 Å². The molecule has 0 aromatic heterocycles. The molecule has 0 spiro atoms. The Kier molecular flexibility index (Phi) is 8.22. The summed E-state index contributed by atoms with van der Waals surface area (Å²) in [7, 11) is -4.67. The van der Waals surface area contributed by atoms with Gasteiger partial charge in [0, 0.05) is 12.2 Å². The van der Waals surface area contributed by atoms with Gasteiger partial charge in [0.1, 0.15) is 5.54 Å². The quantitative estimate of drug-likeness (QED) is 0.379. The summed E-state index contributed by atoms with van der Waals surface area (Å²) in [5, 5.41) is 0. The van der Waals surface area contributed by atoms with Gasteiger partial charge in [0.05, 0.1) is 6.61 Å². The number of carbonyl (C=O) groups is 1. The number of amides is 1. The minimum absolute atomic E-state index is 0.283. The number of anilines is 1. The molecule has 0 saturated carbocycles. The maximum absolute atomic E-state index is 12.7. The fourth-order valence-corrected chi connectivity index (χ4v) is 4.04. The Morgan fingerprint density at radius 3 is 2.54 bits per heavy atom. The van der Waals surface area contributed by atoms with Crippen molar-refractivity contribution in [1.82, 2.24) is 0 Å². The van der Waals surface area contributed by atoms with Crippen molar-refractivity contribution in [3.8, 4) is 0 Å². The van der Waals surface area contributed by atoms with Crippen LogP contribution in [-0.2, 0) is 20.3 Å². The van der Waals surface area contributed by atoms with Crippen LogP contribution in [0.25, 0.3) is 0 Å². The molecule has 1 aromatic carbocycles. The number of phosphoric ester groups is 1. The molecule has 7 nitrogen and oxygen atoms in total. The molecule has 158 valence electrons. The van der Waals surface area contributed by atoms with Crippen molar-refractivity contribution < 1.29 is 23.7 Å². The lowest BCUT2D eigenvalue weighted by atomic mass is 10.0. The second-order valence-electron chi connectivity index (χ2n) is 7.77. The van der Waals surface area contributed by atoms with Gasteiger partial charge in [0.15, 0.2) is 0 Å². The molecule has 1 heterocycles. The van der Waals surface area contributed by atoms with Crippen molar-refractivity contribution in [2.24, 2.45) is 5.73 Å². The number of nitrogens with zero attached hydrogens (tertiary/aromatic N) is 1. The third-order valence-corrected chi connectivity index (χ3v) is 5.78. The highest BCUT2D eigenvalue weighted by molar-refractivity contribution is 7.46. The van der Waals surface area contributed by atoms with Crippen molar-refractivity contribution in [2.75, 3.05) is 18.1 Å². The minimum Gasteiger partial charge on any atom is -0.315 e. The zero-order valence-corrected chi connectivity index (χ0v) is 17.8. The zero-order valence-electron chi connectivity index (χ0n) is 16.9. The van der Waals surface area contributed by atoms with Crippen LogP contribution in [0.1, 0.15) is 63.0 Å². The van der Waals surface area contributed by atoms with Crippen molar-refractivity contribution in [1.29, 1.82) is 0 Å². The zero-order chi connectivity index (χ0) is 20.8. The van der Waals surface area contributed by atoms with Gasteiger partial charge in [-0.05, 0) is 43.4 Å². The molecule has 1 fully saturated rings. The van der Waals surface area contributed by atoms with Crippen LogP contribution in [0, 0.1) is 6.92 Å². The predicted octanol–water partition coefficient (Wildman–Crippen LogP) is 3.44. The highest BCUT2D eigenvalue weighted by atomic mass is 31.2. The first-order chi connectivity index (χ1) is 13.2. The summed E-state index contributed by atoms with van der Waals surface area (Å²) in [6.45, 7) is 4.09. The summed E-state index contributed by atoms with van der Waals surface area (Å²) in [6.07, 6.45) is 8.85. The summed E-state index contributed by atoms with van der Waals surface area (Å²) >= 11 is 0. The van der Waals surface area contributed by atoms with Gasteiger partial charge in [-0.1, -0.05) is 51.2 Å². The Morgan fingerprint density at radius 1 is 1.21 bits per heavy atom. The third-order valence-electron chi connectivity index (χ3n) is 5.31. The van der Waals surface area contributed by atoms with Crippen molar-refractivity contribution in [3.05, 3.63) is 29.3 Å². The Labute approximate surface area is 167 Å². The lowest BCUT2D eigenvalue weighted by molar-refractivity contribution is -0.122. The van der Waals surface area contributed by atoms with Gasteiger partial charge in [-0.25, -0.2) is 4.57 Å². The van der Waals surface area contributed by atoms with Crippen LogP contribution >= 0.6 is 7.82 Å². The highest BCUT2D eigenvalue weighted by Crippen LogP contribution is 2.38. The topological polar surface area (TPSA) is 113 Å². The van der Waals surface area contributed by atoms with Crippen molar-refractivity contribution in [3.63, 3.8) is 0 Å². The van der Waals surface area contributed by atoms with E-state index in [4.69, 9.17) is 15.5 Å². The summed E-state index contributed by atoms with van der Waals surface area (Å²) in [5.74, 6) is -0.368. The van der Waals surface area contributed by atoms with Crippen LogP contribution in [0.2, 0.25) is 0 Å². The second kappa shape index (κ2) is 9.99. The van der Waals surface area contributed by atoms with Gasteiger partial charge in [0.2, 0.25) is 5.91 Å². The smallest absolute Gasteiger partial charge is 0.315 e. The van der Waals surface area contributed by atoms with Crippen LogP contribution < -0.4 is 10.6 Å². The first-order valence-electron chi connectivity index (χ1n) is 10.1. The first kappa shape index (κ1) is 23.0. The summed E-state index contributed by atoms with van der Waals surface area (Å²) in [6, 6.07) is 6.09. The number of unbranched alkanes of at least 4 members (excludes halogenated alkanes) is 5. The summed E-state index contributed by atoms with van der Waals surface area (Å²) in [4.78, 5) is 32.1. The lowest BCUT2D eigenvalue weighted by Gasteiger charge is -2.24. The molecular formula is C20H33N2O5P. The number of carbonyl (C=O) groups excluding carboxylic acids is 1. The molecule has 0 bridgehead atoms. The Balaban J connectivity index is 1.95. The van der Waals surface area contributed by atoms with Crippen LogP contribution in [0.4, 0.5) is 5.69 Å². The number of hydrogen-bond acceptors (Lipinski definition) is 4. The molecule has 1 amide bonds. The number of rotatable bonds is 11. The fourth-order valence-electron chi connectivity index (χ4n) is 3.64. The highest BCUT2D eigenvalue weighted by Gasteiger charge is 2.45.